The lowest BCUT2D eigenvalue weighted by Crippen LogP contribution is -2.16. The quantitative estimate of drug-likeness (QED) is 0.0510. The van der Waals surface area contributed by atoms with Gasteiger partial charge in [-0.25, -0.2) is 19.3 Å². The Morgan fingerprint density at radius 2 is 0.727 bits per heavy atom. The van der Waals surface area contributed by atoms with Crippen molar-refractivity contribution in [2.75, 3.05) is 39.6 Å². The summed E-state index contributed by atoms with van der Waals surface area (Å²) in [6, 6.07) is 16.6. The van der Waals surface area contributed by atoms with Gasteiger partial charge in [0.2, 0.25) is 0 Å². The zero-order valence-electron chi connectivity index (χ0n) is 41.9. The molecule has 66 heavy (non-hydrogen) atoms. The average Bonchev–Trinajstić information content (AvgIpc) is 3.95. The smallest absolute Gasteiger partial charge is 0.179 e. The summed E-state index contributed by atoms with van der Waals surface area (Å²) in [6.45, 7) is 16.6. The number of hydrogen-bond acceptors (Lipinski definition) is 10. The lowest BCUT2D eigenvalue weighted by molar-refractivity contribution is -0.0220. The van der Waals surface area contributed by atoms with Crippen LogP contribution in [0.15, 0.2) is 48.5 Å². The van der Waals surface area contributed by atoms with Gasteiger partial charge in [0, 0.05) is 0 Å². The summed E-state index contributed by atoms with van der Waals surface area (Å²) in [5, 5.41) is 9.83. The van der Waals surface area contributed by atoms with Crippen molar-refractivity contribution in [1.82, 2.24) is 29.5 Å². The van der Waals surface area contributed by atoms with Gasteiger partial charge in [-0.05, 0) is 75.9 Å². The topological polar surface area (TPSA) is 117 Å². The van der Waals surface area contributed by atoms with Crippen molar-refractivity contribution in [2.24, 2.45) is 0 Å². The highest BCUT2D eigenvalue weighted by atomic mass is 16.5. The number of fused-ring (bicyclic) bond motifs is 4. The Morgan fingerprint density at radius 1 is 0.424 bits per heavy atom. The van der Waals surface area contributed by atoms with Crippen molar-refractivity contribution < 1.29 is 28.4 Å². The molecule has 0 unspecified atom stereocenters. The molecule has 1 aliphatic rings. The van der Waals surface area contributed by atoms with Crippen LogP contribution in [0.4, 0.5) is 0 Å². The Bertz CT molecular complexity index is 1710. The first-order valence-electron chi connectivity index (χ1n) is 26.1. The number of benzene rings is 2. The van der Waals surface area contributed by atoms with E-state index in [9.17, 15) is 0 Å². The molecular formula is C54H86N6O6. The fourth-order valence-corrected chi connectivity index (χ4v) is 8.41. The van der Waals surface area contributed by atoms with Gasteiger partial charge in [0.25, 0.3) is 0 Å². The fraction of sp³-hybridized carbons (Fsp3) is 0.704. The lowest BCUT2D eigenvalue weighted by atomic mass is 10.1. The van der Waals surface area contributed by atoms with Crippen molar-refractivity contribution >= 4 is 0 Å². The van der Waals surface area contributed by atoms with Crippen molar-refractivity contribution in [2.45, 2.75) is 207 Å². The van der Waals surface area contributed by atoms with E-state index in [1.807, 2.05) is 37.1 Å². The molecule has 1 aliphatic heterocycles. The molecule has 0 spiro atoms. The molecule has 0 fully saturated rings. The molecule has 3 heterocycles. The maximum Gasteiger partial charge on any atom is 0.179 e. The van der Waals surface area contributed by atoms with Crippen LogP contribution in [0.1, 0.15) is 229 Å². The van der Waals surface area contributed by atoms with E-state index in [2.05, 4.69) is 62.4 Å². The van der Waals surface area contributed by atoms with E-state index in [1.165, 1.54) is 116 Å². The Kier molecular flexibility index (Phi) is 25.2. The molecule has 0 saturated carbocycles. The molecule has 2 aromatic carbocycles. The molecule has 0 radical (unpaired) electrons. The van der Waals surface area contributed by atoms with E-state index in [-0.39, 0.29) is 24.4 Å². The van der Waals surface area contributed by atoms with Crippen LogP contribution >= 0.6 is 0 Å². The first-order chi connectivity index (χ1) is 32.3. The number of nitrogens with zero attached hydrogens (tertiary/aromatic N) is 6. The molecule has 0 N–H and O–H groups in total. The van der Waals surface area contributed by atoms with Crippen molar-refractivity contribution in [3.63, 3.8) is 0 Å². The summed E-state index contributed by atoms with van der Waals surface area (Å²) in [6.07, 6.45) is 24.9. The summed E-state index contributed by atoms with van der Waals surface area (Å²) in [4.78, 5) is 9.89. The Balaban J connectivity index is 1.10. The highest BCUT2D eigenvalue weighted by molar-refractivity contribution is 5.28. The van der Waals surface area contributed by atoms with E-state index in [0.717, 1.165) is 60.3 Å². The zero-order chi connectivity index (χ0) is 46.6. The second-order valence-corrected chi connectivity index (χ2v) is 18.4. The van der Waals surface area contributed by atoms with Gasteiger partial charge in [0.15, 0.2) is 23.3 Å². The number of rotatable bonds is 28. The normalized spacial score (nSPS) is 18.5. The highest BCUT2D eigenvalue weighted by Crippen LogP contribution is 2.25. The van der Waals surface area contributed by atoms with Crippen LogP contribution in [0.2, 0.25) is 0 Å². The van der Waals surface area contributed by atoms with Crippen molar-refractivity contribution in [3.05, 3.63) is 83.0 Å². The van der Waals surface area contributed by atoms with Gasteiger partial charge in [-0.3, -0.25) is 0 Å². The molecular weight excluding hydrogens is 829 g/mol. The van der Waals surface area contributed by atoms with Crippen LogP contribution in [0.5, 0.6) is 11.5 Å². The predicted molar refractivity (Wildman–Crippen MR) is 263 cm³/mol. The zero-order valence-corrected chi connectivity index (χ0v) is 41.9. The van der Waals surface area contributed by atoms with Crippen LogP contribution < -0.4 is 9.47 Å². The first kappa shape index (κ1) is 53.1. The molecule has 0 amide bonds. The standard InChI is InChI=1S/C54H86N6O6/c1-7-9-11-13-15-17-19-21-23-25-35-65-49-31-27-47(28-32-49)41-59-53-45(5)63-39-40-64-46(6)54-56-52(44(4)62-38-37-61-43(3)51(55-53)57-59)58-60(54)42-48-29-33-50(34-30-48)66-36-26-24-22-20-18-16-14-12-10-8-2/h27-34,43-46H,7-26,35-42H2,1-6H3/t43-,44-,45-,46-/m0/s1. The number of aromatic nitrogens is 6. The molecule has 12 heteroatoms. The van der Waals surface area contributed by atoms with Crippen molar-refractivity contribution in [3.8, 4) is 11.5 Å². The van der Waals surface area contributed by atoms with E-state index in [4.69, 9.17) is 48.6 Å². The minimum atomic E-state index is -0.346. The van der Waals surface area contributed by atoms with E-state index in [0.29, 0.717) is 51.2 Å². The van der Waals surface area contributed by atoms with Gasteiger partial charge in [-0.15, -0.1) is 0 Å². The maximum absolute atomic E-state index is 6.35. The summed E-state index contributed by atoms with van der Waals surface area (Å²) in [5.74, 6) is 4.47. The van der Waals surface area contributed by atoms with Gasteiger partial charge in [0.05, 0.1) is 52.7 Å². The Labute approximate surface area is 398 Å². The molecule has 368 valence electrons. The largest absolute Gasteiger partial charge is 0.494 e. The first-order valence-corrected chi connectivity index (χ1v) is 26.1. The third-order valence-electron chi connectivity index (χ3n) is 12.6. The van der Waals surface area contributed by atoms with E-state index < -0.39 is 0 Å². The summed E-state index contributed by atoms with van der Waals surface area (Å²) < 4.78 is 41.2. The van der Waals surface area contributed by atoms with Gasteiger partial charge in [-0.1, -0.05) is 154 Å². The van der Waals surface area contributed by atoms with Crippen LogP contribution in [0.25, 0.3) is 0 Å². The maximum atomic E-state index is 6.35. The Hall–Kier alpha value is -3.84. The van der Waals surface area contributed by atoms with Crippen LogP contribution in [-0.2, 0) is 32.0 Å². The van der Waals surface area contributed by atoms with Crippen LogP contribution in [0, 0.1) is 0 Å². The molecule has 0 saturated heterocycles. The second kappa shape index (κ2) is 31.3. The SMILES string of the molecule is CCCCCCCCCCCCOc1ccc(Cn2nc3nc2[C@H](C)OCCO[C@@H](C)c2nc(nn2Cc2ccc(OCCCCCCCCCCCC)cc2)[C@H](C)OCCO[C@H]3C)cc1. The summed E-state index contributed by atoms with van der Waals surface area (Å²) in [7, 11) is 0. The summed E-state index contributed by atoms with van der Waals surface area (Å²) in [5.41, 5.74) is 2.20. The second-order valence-electron chi connectivity index (χ2n) is 18.4. The molecule has 4 bridgehead atoms. The monoisotopic (exact) mass is 915 g/mol. The van der Waals surface area contributed by atoms with Gasteiger partial charge in [0.1, 0.15) is 35.9 Å². The minimum absolute atomic E-state index is 0.332. The number of unbranched alkanes of at least 4 members (excludes halogenated alkanes) is 18. The van der Waals surface area contributed by atoms with E-state index >= 15 is 0 Å². The van der Waals surface area contributed by atoms with Gasteiger partial charge >= 0.3 is 0 Å². The molecule has 12 nitrogen and oxygen atoms in total. The fourth-order valence-electron chi connectivity index (χ4n) is 8.41. The third-order valence-corrected chi connectivity index (χ3v) is 12.6. The summed E-state index contributed by atoms with van der Waals surface area (Å²) >= 11 is 0. The minimum Gasteiger partial charge on any atom is -0.494 e. The number of ether oxygens (including phenoxy) is 6. The highest BCUT2D eigenvalue weighted by Gasteiger charge is 2.24. The molecule has 5 rings (SSSR count). The lowest BCUT2D eigenvalue weighted by Gasteiger charge is -2.17. The van der Waals surface area contributed by atoms with E-state index in [1.54, 1.807) is 0 Å². The molecule has 2 aromatic heterocycles. The molecule has 4 aromatic rings. The predicted octanol–water partition coefficient (Wildman–Crippen LogP) is 13.6. The Morgan fingerprint density at radius 3 is 1.06 bits per heavy atom. The van der Waals surface area contributed by atoms with Crippen LogP contribution in [-0.4, -0.2) is 69.2 Å². The van der Waals surface area contributed by atoms with Gasteiger partial charge < -0.3 is 28.4 Å². The number of hydrogen-bond donors (Lipinski definition) is 0. The van der Waals surface area contributed by atoms with Crippen molar-refractivity contribution in [1.29, 1.82) is 0 Å². The van der Waals surface area contributed by atoms with Crippen LogP contribution in [0.3, 0.4) is 0 Å². The average molecular weight is 915 g/mol. The third kappa shape index (κ3) is 19.4. The molecule has 0 aliphatic carbocycles. The molecule has 4 atom stereocenters. The van der Waals surface area contributed by atoms with Gasteiger partial charge in [-0.2, -0.15) is 10.2 Å².